The van der Waals surface area contributed by atoms with Crippen molar-refractivity contribution in [2.45, 2.75) is 31.1 Å². The maximum atomic E-state index is 13.7. The van der Waals surface area contributed by atoms with Crippen LogP contribution < -0.4 is 10.6 Å². The van der Waals surface area contributed by atoms with Crippen LogP contribution in [0.15, 0.2) is 27.7 Å². The zero-order valence-corrected chi connectivity index (χ0v) is 17.5. The molecule has 0 aromatic heterocycles. The van der Waals surface area contributed by atoms with Crippen LogP contribution in [0, 0.1) is 5.82 Å². The quantitative estimate of drug-likeness (QED) is 0.369. The number of hydrogen-bond donors (Lipinski definition) is 2. The predicted molar refractivity (Wildman–Crippen MR) is 108 cm³/mol. The molecule has 1 atom stereocenters. The molecule has 1 aliphatic rings. The number of rotatable bonds is 4. The van der Waals surface area contributed by atoms with Crippen LogP contribution >= 0.6 is 51.7 Å². The zero-order valence-electron chi connectivity index (χ0n) is 12.8. The maximum Gasteiger partial charge on any atom is 0.191 e. The minimum atomic E-state index is -0.209. The van der Waals surface area contributed by atoms with Crippen LogP contribution in [0.25, 0.3) is 0 Å². The van der Waals surface area contributed by atoms with Crippen LogP contribution in [0.5, 0.6) is 0 Å². The Morgan fingerprint density at radius 1 is 1.45 bits per heavy atom. The second-order valence-corrected chi connectivity index (χ2v) is 8.02. The molecule has 2 rings (SSSR count). The summed E-state index contributed by atoms with van der Waals surface area (Å²) in [4.78, 5) is 4.20. The third kappa shape index (κ3) is 5.88. The van der Waals surface area contributed by atoms with Crippen molar-refractivity contribution in [1.82, 2.24) is 10.6 Å². The number of nitrogens with zero attached hydrogens (tertiary/aromatic N) is 1. The highest BCUT2D eigenvalue weighted by molar-refractivity contribution is 14.0. The molecule has 1 unspecified atom stereocenters. The van der Waals surface area contributed by atoms with Crippen LogP contribution in [-0.2, 0) is 6.54 Å². The lowest BCUT2D eigenvalue weighted by molar-refractivity contribution is 0.580. The van der Waals surface area contributed by atoms with Crippen molar-refractivity contribution in [2.75, 3.05) is 19.3 Å². The summed E-state index contributed by atoms with van der Waals surface area (Å²) in [6.45, 7) is 3.56. The Hall–Kier alpha value is -0.0200. The lowest BCUT2D eigenvalue weighted by atomic mass is 10.1. The topological polar surface area (TPSA) is 36.4 Å². The number of hydrogen-bond acceptors (Lipinski definition) is 2. The Kier molecular flexibility index (Phi) is 8.48. The van der Waals surface area contributed by atoms with Crippen LogP contribution in [0.2, 0.25) is 0 Å². The molecule has 22 heavy (non-hydrogen) atoms. The first kappa shape index (κ1) is 20.0. The van der Waals surface area contributed by atoms with E-state index in [-0.39, 0.29) is 34.5 Å². The molecular weight excluding hydrogens is 480 g/mol. The standard InChI is InChI=1S/C15H21BrFN3S.HI/c1-15(6-3-7-21-15)10-20-14(18-2)19-9-11-8-12(16)4-5-13(11)17;/h4-5,8H,3,6-7,9-10H2,1-2H3,(H2,18,19,20);1H. The van der Waals surface area contributed by atoms with Crippen molar-refractivity contribution in [3.63, 3.8) is 0 Å². The number of nitrogens with one attached hydrogen (secondary N) is 2. The zero-order chi connectivity index (χ0) is 15.3. The van der Waals surface area contributed by atoms with Crippen molar-refractivity contribution in [3.05, 3.63) is 34.1 Å². The van der Waals surface area contributed by atoms with Crippen molar-refractivity contribution in [1.29, 1.82) is 0 Å². The summed E-state index contributed by atoms with van der Waals surface area (Å²) < 4.78 is 14.8. The first-order valence-electron chi connectivity index (χ1n) is 7.05. The first-order valence-corrected chi connectivity index (χ1v) is 8.83. The molecule has 0 spiro atoms. The summed E-state index contributed by atoms with van der Waals surface area (Å²) in [5.74, 6) is 1.73. The fourth-order valence-electron chi connectivity index (χ4n) is 2.33. The monoisotopic (exact) mass is 501 g/mol. The van der Waals surface area contributed by atoms with Crippen LogP contribution in [0.1, 0.15) is 25.3 Å². The molecular formula is C15H22BrFIN3S. The second-order valence-electron chi connectivity index (χ2n) is 5.42. The van der Waals surface area contributed by atoms with Crippen LogP contribution in [0.4, 0.5) is 4.39 Å². The third-order valence-corrected chi connectivity index (χ3v) is 5.64. The Morgan fingerprint density at radius 3 is 2.86 bits per heavy atom. The van der Waals surface area contributed by atoms with Crippen LogP contribution in [-0.4, -0.2) is 30.1 Å². The molecule has 124 valence electrons. The summed E-state index contributed by atoms with van der Waals surface area (Å²) in [7, 11) is 1.73. The Bertz CT molecular complexity index is 522. The van der Waals surface area contributed by atoms with Gasteiger partial charge in [-0.3, -0.25) is 4.99 Å². The Morgan fingerprint density at radius 2 is 2.23 bits per heavy atom. The minimum Gasteiger partial charge on any atom is -0.355 e. The molecule has 2 N–H and O–H groups in total. The van der Waals surface area contributed by atoms with Crippen molar-refractivity contribution in [3.8, 4) is 0 Å². The van der Waals surface area contributed by atoms with Gasteiger partial charge in [-0.15, -0.1) is 24.0 Å². The summed E-state index contributed by atoms with van der Waals surface area (Å²) >= 11 is 5.36. The SMILES string of the molecule is CN=C(NCc1cc(Br)ccc1F)NCC1(C)CCCS1.I. The van der Waals surface area contributed by atoms with E-state index in [1.807, 2.05) is 11.8 Å². The molecule has 1 heterocycles. The highest BCUT2D eigenvalue weighted by Gasteiger charge is 2.29. The van der Waals surface area contributed by atoms with E-state index in [1.165, 1.54) is 24.7 Å². The normalized spacial score (nSPS) is 21.4. The molecule has 0 radical (unpaired) electrons. The van der Waals surface area contributed by atoms with E-state index in [1.54, 1.807) is 19.2 Å². The fourth-order valence-corrected chi connectivity index (χ4v) is 3.98. The summed E-state index contributed by atoms with van der Waals surface area (Å²) in [6, 6.07) is 4.95. The lowest BCUT2D eigenvalue weighted by Crippen LogP contribution is -2.43. The van der Waals surface area contributed by atoms with Gasteiger partial charge in [-0.25, -0.2) is 4.39 Å². The van der Waals surface area contributed by atoms with E-state index in [9.17, 15) is 4.39 Å². The van der Waals surface area contributed by atoms with Gasteiger partial charge < -0.3 is 10.6 Å². The molecule has 1 fully saturated rings. The van der Waals surface area contributed by atoms with Crippen molar-refractivity contribution >= 4 is 57.6 Å². The Balaban J connectivity index is 0.00000242. The van der Waals surface area contributed by atoms with Gasteiger partial charge in [0, 0.05) is 34.9 Å². The second kappa shape index (κ2) is 9.32. The molecule has 3 nitrogen and oxygen atoms in total. The number of aliphatic imine (C=N–C) groups is 1. The average molecular weight is 502 g/mol. The lowest BCUT2D eigenvalue weighted by Gasteiger charge is -2.24. The van der Waals surface area contributed by atoms with Gasteiger partial charge in [0.05, 0.1) is 0 Å². The fraction of sp³-hybridized carbons (Fsp3) is 0.533. The highest BCUT2D eigenvalue weighted by atomic mass is 127. The molecule has 7 heteroatoms. The summed E-state index contributed by atoms with van der Waals surface area (Å²) in [5, 5.41) is 6.50. The van der Waals surface area contributed by atoms with Crippen molar-refractivity contribution in [2.24, 2.45) is 4.99 Å². The molecule has 0 aliphatic carbocycles. The summed E-state index contributed by atoms with van der Waals surface area (Å²) in [5.41, 5.74) is 0.619. The largest absolute Gasteiger partial charge is 0.355 e. The Labute approximate surface area is 161 Å². The van der Waals surface area contributed by atoms with E-state index in [4.69, 9.17) is 0 Å². The highest BCUT2D eigenvalue weighted by Crippen LogP contribution is 2.36. The average Bonchev–Trinajstić information content (AvgIpc) is 2.90. The van der Waals surface area contributed by atoms with Gasteiger partial charge in [0.15, 0.2) is 5.96 Å². The van der Waals surface area contributed by atoms with E-state index >= 15 is 0 Å². The van der Waals surface area contributed by atoms with E-state index in [2.05, 4.69) is 38.5 Å². The van der Waals surface area contributed by atoms with Gasteiger partial charge in [0.1, 0.15) is 5.82 Å². The smallest absolute Gasteiger partial charge is 0.191 e. The van der Waals surface area contributed by atoms with Gasteiger partial charge in [0.2, 0.25) is 0 Å². The van der Waals surface area contributed by atoms with Gasteiger partial charge in [-0.05, 0) is 43.7 Å². The molecule has 1 aromatic rings. The van der Waals surface area contributed by atoms with E-state index < -0.39 is 0 Å². The van der Waals surface area contributed by atoms with Gasteiger partial charge >= 0.3 is 0 Å². The number of halogens is 3. The van der Waals surface area contributed by atoms with Gasteiger partial charge in [-0.1, -0.05) is 15.9 Å². The first-order chi connectivity index (χ1) is 10.0. The number of guanidine groups is 1. The molecule has 1 aromatic carbocycles. The maximum absolute atomic E-state index is 13.7. The summed E-state index contributed by atoms with van der Waals surface area (Å²) in [6.07, 6.45) is 2.50. The number of thioether (sulfide) groups is 1. The van der Waals surface area contributed by atoms with Gasteiger partial charge in [0.25, 0.3) is 0 Å². The predicted octanol–water partition coefficient (Wildman–Crippen LogP) is 4.16. The minimum absolute atomic E-state index is 0. The van der Waals surface area contributed by atoms with Crippen LogP contribution in [0.3, 0.4) is 0 Å². The third-order valence-electron chi connectivity index (χ3n) is 3.61. The molecule has 0 bridgehead atoms. The van der Waals surface area contributed by atoms with E-state index in [0.29, 0.717) is 18.1 Å². The number of benzene rings is 1. The molecule has 0 saturated carbocycles. The van der Waals surface area contributed by atoms with Gasteiger partial charge in [-0.2, -0.15) is 11.8 Å². The molecule has 1 saturated heterocycles. The van der Waals surface area contributed by atoms with Crippen molar-refractivity contribution < 1.29 is 4.39 Å². The van der Waals surface area contributed by atoms with E-state index in [0.717, 1.165) is 11.0 Å². The molecule has 0 amide bonds. The molecule has 1 aliphatic heterocycles.